The summed E-state index contributed by atoms with van der Waals surface area (Å²) in [4.78, 5) is 34.7. The lowest BCUT2D eigenvalue weighted by molar-refractivity contribution is -0.165. The Morgan fingerprint density at radius 3 is 2.38 bits per heavy atom. The number of esters is 1. The summed E-state index contributed by atoms with van der Waals surface area (Å²) in [5, 5.41) is 20.5. The summed E-state index contributed by atoms with van der Waals surface area (Å²) in [6.07, 6.45) is -1.33. The fourth-order valence-electron chi connectivity index (χ4n) is 2.06. The number of amides is 1. The van der Waals surface area contributed by atoms with Gasteiger partial charge in [-0.05, 0) is 24.6 Å². The van der Waals surface area contributed by atoms with E-state index in [1.807, 2.05) is 0 Å². The molecule has 0 heterocycles. The molecule has 0 saturated carbocycles. The Bertz CT molecular complexity index is 601. The van der Waals surface area contributed by atoms with Crippen LogP contribution in [-0.2, 0) is 35.0 Å². The molecular weight excluding hydrogens is 346 g/mol. The molecular formula is C17H23NO8. The number of methoxy groups -OCH3 is 1. The van der Waals surface area contributed by atoms with Crippen molar-refractivity contribution in [3.8, 4) is 5.75 Å². The Kier molecular flexibility index (Phi) is 9.10. The van der Waals surface area contributed by atoms with E-state index in [0.29, 0.717) is 5.56 Å². The van der Waals surface area contributed by atoms with E-state index < -0.39 is 43.2 Å². The Morgan fingerprint density at radius 1 is 1.19 bits per heavy atom. The fourth-order valence-corrected chi connectivity index (χ4v) is 2.06. The number of ether oxygens (including phenoxy) is 3. The molecule has 1 rings (SSSR count). The number of benzene rings is 1. The lowest BCUT2D eigenvalue weighted by atomic mass is 10.1. The summed E-state index contributed by atoms with van der Waals surface area (Å²) in [5.74, 6) is -2.27. The topological polar surface area (TPSA) is 131 Å². The van der Waals surface area contributed by atoms with Gasteiger partial charge in [0.2, 0.25) is 5.91 Å². The molecule has 0 aromatic heterocycles. The molecule has 0 aliphatic rings. The van der Waals surface area contributed by atoms with Crippen LogP contribution in [0.15, 0.2) is 24.3 Å². The minimum atomic E-state index is -1.13. The van der Waals surface area contributed by atoms with Gasteiger partial charge in [0, 0.05) is 13.5 Å². The molecule has 2 atom stereocenters. The standard InChI is InChI=1S/C17H23NO8/c1-3-25-17(23)13(8-11-4-6-12(19)7-5-11)18-14(20)10-26-16(24-2)9-15(21)22/h4-7,13,16,19H,3,8-10H2,1-2H3,(H,18,20)(H,21,22). The van der Waals surface area contributed by atoms with Crippen LogP contribution < -0.4 is 5.32 Å². The smallest absolute Gasteiger partial charge is 0.328 e. The zero-order valence-electron chi connectivity index (χ0n) is 14.6. The molecule has 9 nitrogen and oxygen atoms in total. The van der Waals surface area contributed by atoms with Crippen molar-refractivity contribution in [2.45, 2.75) is 32.1 Å². The lowest BCUT2D eigenvalue weighted by Gasteiger charge is -2.19. The van der Waals surface area contributed by atoms with E-state index in [4.69, 9.17) is 19.3 Å². The Labute approximate surface area is 150 Å². The molecule has 0 bridgehead atoms. The zero-order chi connectivity index (χ0) is 19.5. The second-order valence-electron chi connectivity index (χ2n) is 5.32. The second kappa shape index (κ2) is 11.1. The number of carboxylic acids is 1. The highest BCUT2D eigenvalue weighted by Crippen LogP contribution is 2.12. The number of rotatable bonds is 11. The van der Waals surface area contributed by atoms with Gasteiger partial charge in [-0.25, -0.2) is 4.79 Å². The quantitative estimate of drug-likeness (QED) is 0.378. The van der Waals surface area contributed by atoms with E-state index in [1.54, 1.807) is 19.1 Å². The van der Waals surface area contributed by atoms with Crippen LogP contribution in [0.3, 0.4) is 0 Å². The summed E-state index contributed by atoms with van der Waals surface area (Å²) in [6, 6.07) is 5.24. The molecule has 1 aromatic rings. The minimum absolute atomic E-state index is 0.0860. The molecule has 9 heteroatoms. The van der Waals surface area contributed by atoms with Crippen molar-refractivity contribution in [1.82, 2.24) is 5.32 Å². The summed E-state index contributed by atoms with van der Waals surface area (Å²) in [7, 11) is 1.26. The van der Waals surface area contributed by atoms with Crippen LogP contribution in [0.5, 0.6) is 5.75 Å². The number of nitrogens with one attached hydrogen (secondary N) is 1. The molecule has 0 aliphatic carbocycles. The first-order valence-corrected chi connectivity index (χ1v) is 7.95. The molecule has 1 aromatic carbocycles. The van der Waals surface area contributed by atoms with E-state index in [1.165, 1.54) is 19.2 Å². The maximum absolute atomic E-state index is 12.1. The van der Waals surface area contributed by atoms with Crippen LogP contribution in [0.1, 0.15) is 18.9 Å². The Balaban J connectivity index is 2.66. The number of carbonyl (C=O) groups excluding carboxylic acids is 2. The number of hydrogen-bond donors (Lipinski definition) is 3. The van der Waals surface area contributed by atoms with E-state index >= 15 is 0 Å². The SMILES string of the molecule is CCOC(=O)C(Cc1ccc(O)cc1)NC(=O)COC(CC(=O)O)OC. The van der Waals surface area contributed by atoms with Gasteiger partial charge in [0.15, 0.2) is 6.29 Å². The van der Waals surface area contributed by atoms with Crippen LogP contribution in [0.4, 0.5) is 0 Å². The predicted octanol–water partition coefficient (Wildman–Crippen LogP) is 0.446. The highest BCUT2D eigenvalue weighted by atomic mass is 16.7. The van der Waals surface area contributed by atoms with Crippen molar-refractivity contribution in [3.05, 3.63) is 29.8 Å². The zero-order valence-corrected chi connectivity index (χ0v) is 14.6. The van der Waals surface area contributed by atoms with Gasteiger partial charge in [0.05, 0.1) is 13.0 Å². The maximum atomic E-state index is 12.1. The Morgan fingerprint density at radius 2 is 1.85 bits per heavy atom. The molecule has 0 fully saturated rings. The fraction of sp³-hybridized carbons (Fsp3) is 0.471. The van der Waals surface area contributed by atoms with Crippen molar-refractivity contribution >= 4 is 17.8 Å². The van der Waals surface area contributed by atoms with Crippen LogP contribution in [0.2, 0.25) is 0 Å². The van der Waals surface area contributed by atoms with E-state index in [9.17, 15) is 19.5 Å². The lowest BCUT2D eigenvalue weighted by Crippen LogP contribution is -2.45. The highest BCUT2D eigenvalue weighted by Gasteiger charge is 2.23. The van der Waals surface area contributed by atoms with Gasteiger partial charge in [-0.1, -0.05) is 12.1 Å². The monoisotopic (exact) mass is 369 g/mol. The number of phenolic OH excluding ortho intramolecular Hbond substituents is 1. The summed E-state index contributed by atoms with van der Waals surface area (Å²) in [6.45, 7) is 1.33. The summed E-state index contributed by atoms with van der Waals surface area (Å²) < 4.78 is 14.8. The molecule has 3 N–H and O–H groups in total. The van der Waals surface area contributed by atoms with Crippen LogP contribution in [-0.4, -0.2) is 60.7 Å². The molecule has 0 aliphatic heterocycles. The van der Waals surface area contributed by atoms with Crippen LogP contribution in [0, 0.1) is 0 Å². The predicted molar refractivity (Wildman–Crippen MR) is 89.4 cm³/mol. The third-order valence-electron chi connectivity index (χ3n) is 3.29. The van der Waals surface area contributed by atoms with Crippen molar-refractivity contribution in [3.63, 3.8) is 0 Å². The normalized spacial score (nSPS) is 12.8. The van der Waals surface area contributed by atoms with Gasteiger partial charge in [-0.2, -0.15) is 0 Å². The molecule has 0 saturated heterocycles. The number of carbonyl (C=O) groups is 3. The van der Waals surface area contributed by atoms with Crippen molar-refractivity contribution in [2.24, 2.45) is 0 Å². The van der Waals surface area contributed by atoms with E-state index in [-0.39, 0.29) is 18.8 Å². The average Bonchev–Trinajstić information content (AvgIpc) is 2.59. The summed E-state index contributed by atoms with van der Waals surface area (Å²) in [5.41, 5.74) is 0.711. The van der Waals surface area contributed by atoms with Gasteiger partial charge in [-0.3, -0.25) is 9.59 Å². The third-order valence-corrected chi connectivity index (χ3v) is 3.29. The van der Waals surface area contributed by atoms with E-state index in [0.717, 1.165) is 0 Å². The van der Waals surface area contributed by atoms with Gasteiger partial charge in [0.1, 0.15) is 18.4 Å². The first-order valence-electron chi connectivity index (χ1n) is 7.95. The Hall–Kier alpha value is -2.65. The molecule has 2 unspecified atom stereocenters. The van der Waals surface area contributed by atoms with Crippen molar-refractivity contribution in [2.75, 3.05) is 20.3 Å². The van der Waals surface area contributed by atoms with Crippen molar-refractivity contribution in [1.29, 1.82) is 0 Å². The number of phenols is 1. The number of hydrogen-bond acceptors (Lipinski definition) is 7. The minimum Gasteiger partial charge on any atom is -0.508 e. The van der Waals surface area contributed by atoms with Crippen LogP contribution >= 0.6 is 0 Å². The number of aliphatic carboxylic acids is 1. The van der Waals surface area contributed by atoms with Gasteiger partial charge in [0.25, 0.3) is 0 Å². The maximum Gasteiger partial charge on any atom is 0.328 e. The molecule has 0 spiro atoms. The number of aromatic hydroxyl groups is 1. The van der Waals surface area contributed by atoms with Gasteiger partial charge < -0.3 is 29.7 Å². The largest absolute Gasteiger partial charge is 0.508 e. The molecule has 26 heavy (non-hydrogen) atoms. The van der Waals surface area contributed by atoms with Crippen LogP contribution in [0.25, 0.3) is 0 Å². The van der Waals surface area contributed by atoms with Gasteiger partial charge >= 0.3 is 11.9 Å². The third kappa shape index (κ3) is 7.95. The second-order valence-corrected chi connectivity index (χ2v) is 5.32. The van der Waals surface area contributed by atoms with Gasteiger partial charge in [-0.15, -0.1) is 0 Å². The summed E-state index contributed by atoms with van der Waals surface area (Å²) >= 11 is 0. The highest BCUT2D eigenvalue weighted by molar-refractivity contribution is 5.85. The first-order chi connectivity index (χ1) is 12.3. The molecule has 144 valence electrons. The van der Waals surface area contributed by atoms with E-state index in [2.05, 4.69) is 5.32 Å². The van der Waals surface area contributed by atoms with Crippen molar-refractivity contribution < 1.29 is 38.8 Å². The average molecular weight is 369 g/mol. The number of carboxylic acid groups (broad SMARTS) is 1. The molecule has 0 radical (unpaired) electrons. The first kappa shape index (κ1) is 21.4. The molecule has 1 amide bonds.